The molecule has 0 spiro atoms. The Bertz CT molecular complexity index is 1060. The van der Waals surface area contributed by atoms with Gasteiger partial charge < -0.3 is 24.2 Å². The molecule has 3 aliphatic heterocycles. The first-order chi connectivity index (χ1) is 16.0. The van der Waals surface area contributed by atoms with Gasteiger partial charge in [-0.15, -0.1) is 0 Å². The van der Waals surface area contributed by atoms with Gasteiger partial charge in [0, 0.05) is 31.7 Å². The van der Waals surface area contributed by atoms with E-state index in [0.717, 1.165) is 11.3 Å². The van der Waals surface area contributed by atoms with Crippen LogP contribution in [0.4, 0.5) is 11.4 Å². The molecule has 3 aliphatic rings. The monoisotopic (exact) mass is 449 g/mol. The SMILES string of the molecule is Cc1ccc(N2CC(C(=O)N3CC(C(=O)N4CCOCC4)Oc4ccccc43)CC2=O)cc1. The molecule has 2 atom stereocenters. The van der Waals surface area contributed by atoms with Crippen LogP contribution in [0, 0.1) is 12.8 Å². The number of carbonyl (C=O) groups excluding carboxylic acids is 3. The van der Waals surface area contributed by atoms with Crippen LogP contribution in [0.5, 0.6) is 5.75 Å². The highest BCUT2D eigenvalue weighted by molar-refractivity contribution is 6.05. The number of amides is 3. The van der Waals surface area contributed by atoms with Crippen LogP contribution in [0.15, 0.2) is 48.5 Å². The van der Waals surface area contributed by atoms with Crippen LogP contribution in [0.2, 0.25) is 0 Å². The molecule has 8 nitrogen and oxygen atoms in total. The third kappa shape index (κ3) is 4.18. The second kappa shape index (κ2) is 8.86. The normalized spacial score (nSPS) is 22.7. The van der Waals surface area contributed by atoms with E-state index in [0.29, 0.717) is 44.3 Å². The van der Waals surface area contributed by atoms with Crippen LogP contribution in [0.25, 0.3) is 0 Å². The molecule has 2 unspecified atom stereocenters. The predicted molar refractivity (Wildman–Crippen MR) is 122 cm³/mol. The lowest BCUT2D eigenvalue weighted by molar-refractivity contribution is -0.143. The maximum atomic E-state index is 13.6. The van der Waals surface area contributed by atoms with Gasteiger partial charge in [0.2, 0.25) is 11.8 Å². The van der Waals surface area contributed by atoms with E-state index in [-0.39, 0.29) is 30.7 Å². The average molecular weight is 450 g/mol. The molecule has 2 aromatic carbocycles. The van der Waals surface area contributed by atoms with Crippen LogP contribution in [0.3, 0.4) is 0 Å². The number of fused-ring (bicyclic) bond motifs is 1. The minimum Gasteiger partial charge on any atom is -0.476 e. The summed E-state index contributed by atoms with van der Waals surface area (Å²) < 4.78 is 11.4. The third-order valence-electron chi connectivity index (χ3n) is 6.46. The molecule has 0 aliphatic carbocycles. The van der Waals surface area contributed by atoms with E-state index in [4.69, 9.17) is 9.47 Å². The number of nitrogens with zero attached hydrogens (tertiary/aromatic N) is 3. The lowest BCUT2D eigenvalue weighted by Gasteiger charge is -2.38. The number of anilines is 2. The van der Waals surface area contributed by atoms with E-state index in [2.05, 4.69) is 0 Å². The van der Waals surface area contributed by atoms with Crippen molar-refractivity contribution in [2.45, 2.75) is 19.4 Å². The molecule has 3 heterocycles. The fraction of sp³-hybridized carbons (Fsp3) is 0.400. The number of aryl methyl sites for hydroxylation is 1. The van der Waals surface area contributed by atoms with Gasteiger partial charge in [0.1, 0.15) is 5.75 Å². The Kier molecular flexibility index (Phi) is 5.76. The van der Waals surface area contributed by atoms with E-state index in [1.165, 1.54) is 0 Å². The Hall–Kier alpha value is -3.39. The smallest absolute Gasteiger partial charge is 0.265 e. The highest BCUT2D eigenvalue weighted by Crippen LogP contribution is 2.36. The molecule has 33 heavy (non-hydrogen) atoms. The predicted octanol–water partition coefficient (Wildman–Crippen LogP) is 2.00. The van der Waals surface area contributed by atoms with E-state index < -0.39 is 12.0 Å². The van der Waals surface area contributed by atoms with Gasteiger partial charge in [0.25, 0.3) is 5.91 Å². The number of hydrogen-bond donors (Lipinski definition) is 0. The summed E-state index contributed by atoms with van der Waals surface area (Å²) in [4.78, 5) is 44.5. The van der Waals surface area contributed by atoms with Crippen molar-refractivity contribution in [1.29, 1.82) is 0 Å². The zero-order valence-corrected chi connectivity index (χ0v) is 18.6. The van der Waals surface area contributed by atoms with Gasteiger partial charge in [0.05, 0.1) is 31.4 Å². The van der Waals surface area contributed by atoms with Crippen molar-refractivity contribution < 1.29 is 23.9 Å². The van der Waals surface area contributed by atoms with Gasteiger partial charge in [-0.1, -0.05) is 29.8 Å². The van der Waals surface area contributed by atoms with Crippen LogP contribution < -0.4 is 14.5 Å². The highest BCUT2D eigenvalue weighted by atomic mass is 16.5. The van der Waals surface area contributed by atoms with E-state index in [9.17, 15) is 14.4 Å². The van der Waals surface area contributed by atoms with Gasteiger partial charge in [-0.3, -0.25) is 14.4 Å². The summed E-state index contributed by atoms with van der Waals surface area (Å²) in [5, 5.41) is 0. The molecular weight excluding hydrogens is 422 g/mol. The van der Waals surface area contributed by atoms with Gasteiger partial charge >= 0.3 is 0 Å². The molecule has 0 N–H and O–H groups in total. The van der Waals surface area contributed by atoms with Crippen molar-refractivity contribution in [3.8, 4) is 5.75 Å². The summed E-state index contributed by atoms with van der Waals surface area (Å²) in [6.45, 7) is 4.46. The van der Waals surface area contributed by atoms with E-state index >= 15 is 0 Å². The Labute approximate surface area is 192 Å². The molecule has 2 aromatic rings. The molecule has 0 radical (unpaired) electrons. The molecular formula is C25H27N3O5. The standard InChI is InChI=1S/C25H27N3O5/c1-17-6-8-19(9-7-17)27-15-18(14-23(27)29)24(30)28-16-22(25(31)26-10-12-32-13-11-26)33-21-5-3-2-4-20(21)28/h2-9,18,22H,10-16H2,1H3. The number of rotatable bonds is 3. The highest BCUT2D eigenvalue weighted by Gasteiger charge is 2.42. The largest absolute Gasteiger partial charge is 0.476 e. The zero-order chi connectivity index (χ0) is 22.9. The van der Waals surface area contributed by atoms with Crippen molar-refractivity contribution in [2.75, 3.05) is 49.2 Å². The first-order valence-electron chi connectivity index (χ1n) is 11.3. The number of para-hydroxylation sites is 2. The summed E-state index contributed by atoms with van der Waals surface area (Å²) >= 11 is 0. The first kappa shape index (κ1) is 21.5. The summed E-state index contributed by atoms with van der Waals surface area (Å²) in [6.07, 6.45) is -0.638. The van der Waals surface area contributed by atoms with Gasteiger partial charge in [-0.25, -0.2) is 0 Å². The fourth-order valence-electron chi connectivity index (χ4n) is 4.63. The van der Waals surface area contributed by atoms with E-state index in [1.54, 1.807) is 20.8 Å². The second-order valence-corrected chi connectivity index (χ2v) is 8.70. The van der Waals surface area contributed by atoms with Crippen LogP contribution in [-0.2, 0) is 19.1 Å². The van der Waals surface area contributed by atoms with Crippen LogP contribution in [-0.4, -0.2) is 68.1 Å². The lowest BCUT2D eigenvalue weighted by Crippen LogP contribution is -2.54. The maximum absolute atomic E-state index is 13.6. The Morgan fingerprint density at radius 3 is 2.42 bits per heavy atom. The van der Waals surface area contributed by atoms with Gasteiger partial charge in [-0.05, 0) is 31.2 Å². The van der Waals surface area contributed by atoms with Crippen molar-refractivity contribution in [2.24, 2.45) is 5.92 Å². The third-order valence-corrected chi connectivity index (χ3v) is 6.46. The average Bonchev–Trinajstić information content (AvgIpc) is 3.25. The van der Waals surface area contributed by atoms with Gasteiger partial charge in [0.15, 0.2) is 6.10 Å². The van der Waals surface area contributed by atoms with Crippen molar-refractivity contribution in [3.63, 3.8) is 0 Å². The summed E-state index contributed by atoms with van der Waals surface area (Å²) in [5.74, 6) is -0.352. The Morgan fingerprint density at radius 1 is 0.939 bits per heavy atom. The van der Waals surface area contributed by atoms with Crippen LogP contribution >= 0.6 is 0 Å². The second-order valence-electron chi connectivity index (χ2n) is 8.70. The minimum absolute atomic E-state index is 0.0697. The minimum atomic E-state index is -0.785. The number of morpholine rings is 1. The van der Waals surface area contributed by atoms with Crippen LogP contribution in [0.1, 0.15) is 12.0 Å². The first-order valence-corrected chi connectivity index (χ1v) is 11.3. The Morgan fingerprint density at radius 2 is 1.67 bits per heavy atom. The van der Waals surface area contributed by atoms with Crippen molar-refractivity contribution in [3.05, 3.63) is 54.1 Å². The number of hydrogen-bond acceptors (Lipinski definition) is 5. The summed E-state index contributed by atoms with van der Waals surface area (Å²) in [5.41, 5.74) is 2.54. The topological polar surface area (TPSA) is 79.4 Å². The number of ether oxygens (including phenoxy) is 2. The molecule has 0 saturated carbocycles. The lowest BCUT2D eigenvalue weighted by atomic mass is 10.0. The molecule has 8 heteroatoms. The molecule has 2 saturated heterocycles. The Balaban J connectivity index is 1.36. The molecule has 3 amide bonds. The number of benzene rings is 2. The maximum Gasteiger partial charge on any atom is 0.265 e. The molecule has 0 bridgehead atoms. The van der Waals surface area contributed by atoms with Crippen molar-refractivity contribution in [1.82, 2.24) is 4.90 Å². The fourth-order valence-corrected chi connectivity index (χ4v) is 4.63. The quantitative estimate of drug-likeness (QED) is 0.716. The van der Waals surface area contributed by atoms with E-state index in [1.807, 2.05) is 49.4 Å². The van der Waals surface area contributed by atoms with Crippen molar-refractivity contribution >= 4 is 29.1 Å². The summed E-state index contributed by atoms with van der Waals surface area (Å²) in [6, 6.07) is 15.0. The van der Waals surface area contributed by atoms with Gasteiger partial charge in [-0.2, -0.15) is 0 Å². The molecule has 5 rings (SSSR count). The molecule has 0 aromatic heterocycles. The molecule has 172 valence electrons. The zero-order valence-electron chi connectivity index (χ0n) is 18.6. The summed E-state index contributed by atoms with van der Waals surface area (Å²) in [7, 11) is 0. The molecule has 2 fully saturated rings. The number of carbonyl (C=O) groups is 3.